The highest BCUT2D eigenvalue weighted by atomic mass is 35.5. The van der Waals surface area contributed by atoms with Crippen LogP contribution in [0.4, 0.5) is 0 Å². The molecule has 1 saturated heterocycles. The number of hydrogen-bond donors (Lipinski definition) is 1. The van der Waals surface area contributed by atoms with Gasteiger partial charge in [-0.1, -0.05) is 24.3 Å². The van der Waals surface area contributed by atoms with E-state index in [0.29, 0.717) is 23.8 Å². The standard InChI is InChI=1S/C22H21NO2S.ClH/c24-22(17-5-3-16(4-6-17)19-11-13-26-15-19)18-7-9-21(10-8-18)25-14-20-2-1-12-23-20;/h3-11,13,15,20,23H,1-2,12,14H2;1H/t20-;/m1./s1. The minimum absolute atomic E-state index is 0. The summed E-state index contributed by atoms with van der Waals surface area (Å²) in [5, 5.41) is 7.58. The average Bonchev–Trinajstić information content (AvgIpc) is 3.40. The van der Waals surface area contributed by atoms with Crippen LogP contribution in [-0.2, 0) is 0 Å². The first-order chi connectivity index (χ1) is 12.8. The average molecular weight is 400 g/mol. The summed E-state index contributed by atoms with van der Waals surface area (Å²) in [6.07, 6.45) is 2.38. The summed E-state index contributed by atoms with van der Waals surface area (Å²) in [5.41, 5.74) is 3.70. The molecule has 3 aromatic rings. The van der Waals surface area contributed by atoms with Crippen LogP contribution in [-0.4, -0.2) is 25.0 Å². The number of ether oxygens (including phenoxy) is 1. The van der Waals surface area contributed by atoms with Gasteiger partial charge in [-0.3, -0.25) is 4.79 Å². The molecule has 140 valence electrons. The lowest BCUT2D eigenvalue weighted by atomic mass is 10.0. The third-order valence-corrected chi connectivity index (χ3v) is 5.41. The summed E-state index contributed by atoms with van der Waals surface area (Å²) in [6, 6.07) is 17.8. The van der Waals surface area contributed by atoms with Gasteiger partial charge in [0.25, 0.3) is 0 Å². The highest BCUT2D eigenvalue weighted by molar-refractivity contribution is 7.08. The van der Waals surface area contributed by atoms with E-state index in [2.05, 4.69) is 22.1 Å². The van der Waals surface area contributed by atoms with Crippen LogP contribution in [0.2, 0.25) is 0 Å². The van der Waals surface area contributed by atoms with Crippen LogP contribution in [0.25, 0.3) is 11.1 Å². The van der Waals surface area contributed by atoms with Crippen molar-refractivity contribution < 1.29 is 9.53 Å². The molecule has 2 aromatic carbocycles. The van der Waals surface area contributed by atoms with Gasteiger partial charge in [0, 0.05) is 17.2 Å². The fourth-order valence-corrected chi connectivity index (χ4v) is 3.87. The van der Waals surface area contributed by atoms with E-state index >= 15 is 0 Å². The van der Waals surface area contributed by atoms with E-state index in [1.165, 1.54) is 12.0 Å². The SMILES string of the molecule is Cl.O=C(c1ccc(OC[C@H]2CCCN2)cc1)c1ccc(-c2ccsc2)cc1. The molecule has 0 saturated carbocycles. The molecule has 0 bridgehead atoms. The van der Waals surface area contributed by atoms with Crippen LogP contribution in [0.3, 0.4) is 0 Å². The quantitative estimate of drug-likeness (QED) is 0.579. The molecule has 2 heterocycles. The molecule has 3 nitrogen and oxygen atoms in total. The summed E-state index contributed by atoms with van der Waals surface area (Å²) in [5.74, 6) is 0.842. The molecule has 27 heavy (non-hydrogen) atoms. The summed E-state index contributed by atoms with van der Waals surface area (Å²) in [7, 11) is 0. The molecule has 0 amide bonds. The van der Waals surface area contributed by atoms with E-state index in [-0.39, 0.29) is 18.2 Å². The highest BCUT2D eigenvalue weighted by Crippen LogP contribution is 2.23. The van der Waals surface area contributed by atoms with Crippen molar-refractivity contribution in [1.82, 2.24) is 5.32 Å². The van der Waals surface area contributed by atoms with Gasteiger partial charge in [-0.25, -0.2) is 0 Å². The van der Waals surface area contributed by atoms with Crippen LogP contribution in [0.15, 0.2) is 65.4 Å². The fourth-order valence-electron chi connectivity index (χ4n) is 3.21. The number of rotatable bonds is 6. The van der Waals surface area contributed by atoms with E-state index in [1.54, 1.807) is 11.3 Å². The maximum absolute atomic E-state index is 12.7. The second-order valence-electron chi connectivity index (χ2n) is 6.55. The van der Waals surface area contributed by atoms with Gasteiger partial charge in [0.1, 0.15) is 12.4 Å². The minimum atomic E-state index is 0. The number of halogens is 1. The van der Waals surface area contributed by atoms with Crippen molar-refractivity contribution in [1.29, 1.82) is 0 Å². The zero-order chi connectivity index (χ0) is 17.8. The van der Waals surface area contributed by atoms with Crippen LogP contribution in [0, 0.1) is 0 Å². The lowest BCUT2D eigenvalue weighted by molar-refractivity contribution is 0.103. The molecule has 1 N–H and O–H groups in total. The molecule has 4 rings (SSSR count). The molecule has 1 aliphatic heterocycles. The zero-order valence-corrected chi connectivity index (χ0v) is 16.5. The highest BCUT2D eigenvalue weighted by Gasteiger charge is 2.15. The predicted octanol–water partition coefficient (Wildman–Crippen LogP) is 5.20. The summed E-state index contributed by atoms with van der Waals surface area (Å²) in [4.78, 5) is 12.7. The first kappa shape index (κ1) is 19.6. The Balaban J connectivity index is 0.00000210. The number of nitrogens with one attached hydrogen (secondary N) is 1. The Morgan fingerprint density at radius 1 is 1.00 bits per heavy atom. The first-order valence-corrected chi connectivity index (χ1v) is 9.87. The molecule has 1 fully saturated rings. The molecule has 1 aromatic heterocycles. The second-order valence-corrected chi connectivity index (χ2v) is 7.33. The third kappa shape index (κ3) is 4.78. The molecular weight excluding hydrogens is 378 g/mol. The molecule has 1 aliphatic rings. The topological polar surface area (TPSA) is 38.3 Å². The smallest absolute Gasteiger partial charge is 0.193 e. The lowest BCUT2D eigenvalue weighted by Gasteiger charge is -2.12. The van der Waals surface area contributed by atoms with E-state index in [4.69, 9.17) is 4.74 Å². The van der Waals surface area contributed by atoms with Gasteiger partial charge in [-0.15, -0.1) is 12.4 Å². The first-order valence-electron chi connectivity index (χ1n) is 8.93. The van der Waals surface area contributed by atoms with Gasteiger partial charge in [0.15, 0.2) is 5.78 Å². The summed E-state index contributed by atoms with van der Waals surface area (Å²) < 4.78 is 5.81. The van der Waals surface area contributed by atoms with Crippen molar-refractivity contribution in [3.63, 3.8) is 0 Å². The Bertz CT molecular complexity index is 854. The summed E-state index contributed by atoms with van der Waals surface area (Å²) >= 11 is 1.67. The predicted molar refractivity (Wildman–Crippen MR) is 113 cm³/mol. The van der Waals surface area contributed by atoms with Gasteiger partial charge in [-0.2, -0.15) is 11.3 Å². The van der Waals surface area contributed by atoms with Crippen molar-refractivity contribution in [3.05, 3.63) is 76.5 Å². The molecule has 5 heteroatoms. The molecule has 0 aliphatic carbocycles. The monoisotopic (exact) mass is 399 g/mol. The van der Waals surface area contributed by atoms with E-state index in [0.717, 1.165) is 24.3 Å². The zero-order valence-electron chi connectivity index (χ0n) is 14.9. The maximum atomic E-state index is 12.7. The molecule has 0 unspecified atom stereocenters. The Morgan fingerprint density at radius 3 is 2.30 bits per heavy atom. The molecule has 0 radical (unpaired) electrons. The van der Waals surface area contributed by atoms with E-state index < -0.39 is 0 Å². The maximum Gasteiger partial charge on any atom is 0.193 e. The Labute approximate surface area is 169 Å². The number of benzene rings is 2. The minimum Gasteiger partial charge on any atom is -0.492 e. The van der Waals surface area contributed by atoms with Crippen LogP contribution in [0.1, 0.15) is 28.8 Å². The van der Waals surface area contributed by atoms with E-state index in [1.807, 2.05) is 48.5 Å². The van der Waals surface area contributed by atoms with Gasteiger partial charge >= 0.3 is 0 Å². The van der Waals surface area contributed by atoms with Crippen LogP contribution < -0.4 is 10.1 Å². The third-order valence-electron chi connectivity index (χ3n) is 4.73. The lowest BCUT2D eigenvalue weighted by Crippen LogP contribution is -2.28. The van der Waals surface area contributed by atoms with Gasteiger partial charge in [0.05, 0.1) is 0 Å². The second kappa shape index (κ2) is 9.18. The largest absolute Gasteiger partial charge is 0.492 e. The normalized spacial score (nSPS) is 15.9. The number of carbonyl (C=O) groups is 1. The number of thiophene rings is 1. The molecular formula is C22H22ClNO2S. The van der Waals surface area contributed by atoms with Crippen molar-refractivity contribution in [3.8, 4) is 16.9 Å². The van der Waals surface area contributed by atoms with Crippen molar-refractivity contribution >= 4 is 29.5 Å². The van der Waals surface area contributed by atoms with Gasteiger partial charge < -0.3 is 10.1 Å². The van der Waals surface area contributed by atoms with E-state index in [9.17, 15) is 4.79 Å². The van der Waals surface area contributed by atoms with Gasteiger partial charge in [0.2, 0.25) is 0 Å². The Kier molecular flexibility index (Phi) is 6.67. The van der Waals surface area contributed by atoms with Crippen LogP contribution >= 0.6 is 23.7 Å². The molecule has 1 atom stereocenters. The fraction of sp³-hybridized carbons (Fsp3) is 0.227. The van der Waals surface area contributed by atoms with Crippen molar-refractivity contribution in [2.75, 3.05) is 13.2 Å². The van der Waals surface area contributed by atoms with Gasteiger partial charge in [-0.05, 0) is 71.6 Å². The number of ketones is 1. The summed E-state index contributed by atoms with van der Waals surface area (Å²) in [6.45, 7) is 1.75. The molecule has 0 spiro atoms. The number of hydrogen-bond acceptors (Lipinski definition) is 4. The van der Waals surface area contributed by atoms with Crippen molar-refractivity contribution in [2.24, 2.45) is 0 Å². The Hall–Kier alpha value is -2.14. The van der Waals surface area contributed by atoms with Crippen molar-refractivity contribution in [2.45, 2.75) is 18.9 Å². The Morgan fingerprint density at radius 2 is 1.70 bits per heavy atom. The van der Waals surface area contributed by atoms with Crippen LogP contribution in [0.5, 0.6) is 5.75 Å². The number of carbonyl (C=O) groups excluding carboxylic acids is 1.